The third-order valence-electron chi connectivity index (χ3n) is 0.756. The first-order valence-corrected chi connectivity index (χ1v) is 2.13. The minimum Gasteiger partial charge on any atom is -0.508 e. The predicted molar refractivity (Wildman–Crippen MR) is 28.1 cm³/mol. The van der Waals surface area contributed by atoms with Gasteiger partial charge in [0, 0.05) is 16.5 Å². The van der Waals surface area contributed by atoms with E-state index in [1.54, 1.807) is 24.3 Å². The Labute approximate surface area is 58.3 Å². The molecule has 0 heterocycles. The molecule has 1 aromatic rings. The van der Waals surface area contributed by atoms with E-state index < -0.39 is 0 Å². The van der Waals surface area contributed by atoms with Gasteiger partial charge in [-0.25, -0.2) is 0 Å². The van der Waals surface area contributed by atoms with Crippen LogP contribution in [0.15, 0.2) is 30.3 Å². The zero-order valence-corrected chi connectivity index (χ0v) is 5.14. The summed E-state index contributed by atoms with van der Waals surface area (Å²) in [5.74, 6) is 0.322. The van der Waals surface area contributed by atoms with Gasteiger partial charge in [0.25, 0.3) is 0 Å². The second-order valence-electron chi connectivity index (χ2n) is 1.34. The summed E-state index contributed by atoms with van der Waals surface area (Å²) in [5, 5.41) is 8.63. The Morgan fingerprint density at radius 1 is 1.00 bits per heavy atom. The van der Waals surface area contributed by atoms with E-state index in [0.29, 0.717) is 5.75 Å². The molecule has 0 amide bonds. The molecule has 46 valence electrons. The van der Waals surface area contributed by atoms with E-state index in [9.17, 15) is 0 Å². The Kier molecular flexibility index (Phi) is 3.29. The minimum absolute atomic E-state index is 0. The van der Waals surface area contributed by atoms with Crippen LogP contribution in [-0.2, 0) is 16.5 Å². The first-order chi connectivity index (χ1) is 3.39. The fourth-order valence-corrected chi connectivity index (χ4v) is 0.428. The van der Waals surface area contributed by atoms with E-state index in [1.165, 1.54) is 0 Å². The summed E-state index contributed by atoms with van der Waals surface area (Å²) >= 11 is 0. The number of para-hydroxylation sites is 1. The number of rotatable bonds is 0. The fraction of sp³-hybridized carbons (Fsp3) is 0. The topological polar surface area (TPSA) is 20.2 Å². The van der Waals surface area contributed by atoms with Crippen LogP contribution in [-0.4, -0.2) is 5.11 Å². The first-order valence-electron chi connectivity index (χ1n) is 2.13. The van der Waals surface area contributed by atoms with E-state index in [0.717, 1.165) is 0 Å². The average molecular weight is 153 g/mol. The maximum atomic E-state index is 8.63. The third kappa shape index (κ3) is 1.99. The molecule has 0 radical (unpaired) electrons. The molecule has 0 aliphatic heterocycles. The van der Waals surface area contributed by atoms with Gasteiger partial charge in [-0.2, -0.15) is 0 Å². The quantitative estimate of drug-likeness (QED) is 0.558. The number of hydrogen-bond acceptors (Lipinski definition) is 1. The Hall–Kier alpha value is -0.486. The van der Waals surface area contributed by atoms with Crippen molar-refractivity contribution in [3.63, 3.8) is 0 Å². The van der Waals surface area contributed by atoms with Gasteiger partial charge in [0.1, 0.15) is 5.75 Å². The Morgan fingerprint density at radius 3 is 1.75 bits per heavy atom. The van der Waals surface area contributed by atoms with Crippen LogP contribution in [0.3, 0.4) is 0 Å². The molecule has 1 aromatic carbocycles. The maximum absolute atomic E-state index is 8.63. The average Bonchev–Trinajstić information content (AvgIpc) is 1.69. The van der Waals surface area contributed by atoms with Crippen LogP contribution >= 0.6 is 0 Å². The molecular weight excluding hydrogens is 147 g/mol. The third-order valence-corrected chi connectivity index (χ3v) is 0.756. The summed E-state index contributed by atoms with van der Waals surface area (Å²) in [7, 11) is 0. The molecular formula is C6H6NiO. The van der Waals surface area contributed by atoms with Crippen LogP contribution in [0.4, 0.5) is 0 Å². The summed E-state index contributed by atoms with van der Waals surface area (Å²) in [6.45, 7) is 0. The van der Waals surface area contributed by atoms with Crippen molar-refractivity contribution in [3.8, 4) is 5.75 Å². The van der Waals surface area contributed by atoms with E-state index in [-0.39, 0.29) is 16.5 Å². The Balaban J connectivity index is 0.000000490. The van der Waals surface area contributed by atoms with Crippen molar-refractivity contribution < 1.29 is 21.6 Å². The Morgan fingerprint density at radius 2 is 1.50 bits per heavy atom. The summed E-state index contributed by atoms with van der Waals surface area (Å²) in [6, 6.07) is 8.71. The second kappa shape index (κ2) is 3.51. The summed E-state index contributed by atoms with van der Waals surface area (Å²) < 4.78 is 0. The molecule has 0 aliphatic rings. The molecule has 0 atom stereocenters. The minimum atomic E-state index is 0. The van der Waals surface area contributed by atoms with Gasteiger partial charge in [0.05, 0.1) is 0 Å². The molecule has 1 nitrogen and oxygen atoms in total. The van der Waals surface area contributed by atoms with Crippen molar-refractivity contribution in [1.29, 1.82) is 0 Å². The van der Waals surface area contributed by atoms with E-state index in [4.69, 9.17) is 5.11 Å². The largest absolute Gasteiger partial charge is 0.508 e. The van der Waals surface area contributed by atoms with Crippen molar-refractivity contribution in [2.24, 2.45) is 0 Å². The van der Waals surface area contributed by atoms with E-state index in [1.807, 2.05) is 6.07 Å². The van der Waals surface area contributed by atoms with E-state index >= 15 is 0 Å². The molecule has 1 N–H and O–H groups in total. The number of phenolic OH excluding ortho intramolecular Hbond substituents is 1. The molecule has 0 bridgehead atoms. The normalized spacial score (nSPS) is 7.50. The number of phenols is 1. The number of aromatic hydroxyl groups is 1. The molecule has 0 unspecified atom stereocenters. The van der Waals surface area contributed by atoms with Crippen molar-refractivity contribution in [2.45, 2.75) is 0 Å². The van der Waals surface area contributed by atoms with Crippen molar-refractivity contribution in [3.05, 3.63) is 30.3 Å². The Bertz CT molecular complexity index is 138. The van der Waals surface area contributed by atoms with Crippen LogP contribution < -0.4 is 0 Å². The second-order valence-corrected chi connectivity index (χ2v) is 1.34. The number of benzene rings is 1. The van der Waals surface area contributed by atoms with Gasteiger partial charge in [0.2, 0.25) is 0 Å². The van der Waals surface area contributed by atoms with Gasteiger partial charge >= 0.3 is 0 Å². The summed E-state index contributed by atoms with van der Waals surface area (Å²) in [6.07, 6.45) is 0. The molecule has 0 aromatic heterocycles. The van der Waals surface area contributed by atoms with Gasteiger partial charge in [-0.05, 0) is 12.1 Å². The van der Waals surface area contributed by atoms with Crippen LogP contribution in [0.1, 0.15) is 0 Å². The fourth-order valence-electron chi connectivity index (χ4n) is 0.428. The molecule has 0 fully saturated rings. The monoisotopic (exact) mass is 152 g/mol. The molecule has 0 saturated carbocycles. The van der Waals surface area contributed by atoms with Crippen LogP contribution in [0.5, 0.6) is 5.75 Å². The van der Waals surface area contributed by atoms with Crippen LogP contribution in [0.2, 0.25) is 0 Å². The van der Waals surface area contributed by atoms with E-state index in [2.05, 4.69) is 0 Å². The zero-order chi connectivity index (χ0) is 5.11. The molecule has 0 spiro atoms. The zero-order valence-electron chi connectivity index (χ0n) is 4.15. The maximum Gasteiger partial charge on any atom is 0.115 e. The molecule has 8 heavy (non-hydrogen) atoms. The standard InChI is InChI=1S/C6H6O.Ni/c7-6-4-2-1-3-5-6;/h1-5,7H;. The summed E-state index contributed by atoms with van der Waals surface area (Å²) in [5.41, 5.74) is 0. The van der Waals surface area contributed by atoms with Crippen molar-refractivity contribution in [1.82, 2.24) is 0 Å². The van der Waals surface area contributed by atoms with Crippen LogP contribution in [0, 0.1) is 0 Å². The van der Waals surface area contributed by atoms with Gasteiger partial charge in [-0.15, -0.1) is 0 Å². The summed E-state index contributed by atoms with van der Waals surface area (Å²) in [4.78, 5) is 0. The van der Waals surface area contributed by atoms with Gasteiger partial charge in [-0.3, -0.25) is 0 Å². The first kappa shape index (κ1) is 7.51. The van der Waals surface area contributed by atoms with Crippen LogP contribution in [0.25, 0.3) is 0 Å². The molecule has 2 heteroatoms. The van der Waals surface area contributed by atoms with Crippen molar-refractivity contribution in [2.75, 3.05) is 0 Å². The van der Waals surface area contributed by atoms with Gasteiger partial charge in [0.15, 0.2) is 0 Å². The predicted octanol–water partition coefficient (Wildman–Crippen LogP) is 1.39. The molecule has 1 rings (SSSR count). The van der Waals surface area contributed by atoms with Gasteiger partial charge < -0.3 is 5.11 Å². The van der Waals surface area contributed by atoms with Crippen molar-refractivity contribution >= 4 is 0 Å². The molecule has 0 aliphatic carbocycles. The molecule has 0 saturated heterocycles. The number of hydrogen-bond donors (Lipinski definition) is 1. The van der Waals surface area contributed by atoms with Gasteiger partial charge in [-0.1, -0.05) is 18.2 Å². The SMILES string of the molecule is Oc1ccccc1.[Ni]. The smallest absolute Gasteiger partial charge is 0.115 e.